The molecule has 2 aromatic carbocycles. The van der Waals surface area contributed by atoms with E-state index in [1.807, 2.05) is 6.07 Å². The molecule has 1 aliphatic rings. The van der Waals surface area contributed by atoms with Gasteiger partial charge >= 0.3 is 0 Å². The fraction of sp³-hybridized carbons (Fsp3) is 0.286. The number of anilines is 1. The van der Waals surface area contributed by atoms with Gasteiger partial charge in [-0.25, -0.2) is 0 Å². The van der Waals surface area contributed by atoms with E-state index in [0.717, 1.165) is 0 Å². The number of halogens is 1. The molecule has 3 amide bonds. The van der Waals surface area contributed by atoms with E-state index in [-0.39, 0.29) is 18.4 Å². The lowest BCUT2D eigenvalue weighted by Gasteiger charge is -2.27. The van der Waals surface area contributed by atoms with Crippen molar-refractivity contribution in [2.24, 2.45) is 0 Å². The van der Waals surface area contributed by atoms with Crippen molar-refractivity contribution >= 4 is 46.8 Å². The van der Waals surface area contributed by atoms with Crippen molar-refractivity contribution in [3.05, 3.63) is 59.1 Å². The van der Waals surface area contributed by atoms with Crippen LogP contribution in [0, 0.1) is 0 Å². The first-order valence-corrected chi connectivity index (χ1v) is 10.8. The summed E-state index contributed by atoms with van der Waals surface area (Å²) in [5.74, 6) is 0.527. The lowest BCUT2D eigenvalue weighted by molar-refractivity contribution is -0.136. The molecule has 30 heavy (non-hydrogen) atoms. The van der Waals surface area contributed by atoms with E-state index in [9.17, 15) is 14.4 Å². The number of thioether (sulfide) groups is 1. The van der Waals surface area contributed by atoms with Gasteiger partial charge in [-0.15, -0.1) is 11.8 Å². The zero-order valence-corrected chi connectivity index (χ0v) is 18.2. The molecule has 1 atom stereocenters. The third-order valence-electron chi connectivity index (χ3n) is 4.64. The van der Waals surface area contributed by atoms with Crippen LogP contribution in [0.15, 0.2) is 48.5 Å². The van der Waals surface area contributed by atoms with Gasteiger partial charge in [0.25, 0.3) is 5.91 Å². The summed E-state index contributed by atoms with van der Waals surface area (Å²) in [5, 5.41) is 3.16. The van der Waals surface area contributed by atoms with Gasteiger partial charge in [0, 0.05) is 23.4 Å². The zero-order valence-electron chi connectivity index (χ0n) is 16.6. The highest BCUT2D eigenvalue weighted by molar-refractivity contribution is 7.99. The fourth-order valence-corrected chi connectivity index (χ4v) is 4.43. The van der Waals surface area contributed by atoms with Gasteiger partial charge in [-0.2, -0.15) is 0 Å². The third-order valence-corrected chi connectivity index (χ3v) is 5.89. The number of nitrogens with zero attached hydrogens (tertiary/aromatic N) is 2. The van der Waals surface area contributed by atoms with Gasteiger partial charge in [0.2, 0.25) is 11.8 Å². The smallest absolute Gasteiger partial charge is 0.255 e. The maximum atomic E-state index is 12.9. The highest BCUT2D eigenvalue weighted by Gasteiger charge is 2.37. The molecule has 0 aliphatic carbocycles. The van der Waals surface area contributed by atoms with Crippen molar-refractivity contribution in [3.63, 3.8) is 0 Å². The van der Waals surface area contributed by atoms with Crippen molar-refractivity contribution in [1.82, 2.24) is 9.80 Å². The molecule has 0 unspecified atom stereocenters. The Morgan fingerprint density at radius 2 is 1.97 bits per heavy atom. The molecule has 7 nitrogen and oxygen atoms in total. The summed E-state index contributed by atoms with van der Waals surface area (Å²) < 4.78 is 5.22. The molecular formula is C21H22ClN3O4S. The summed E-state index contributed by atoms with van der Waals surface area (Å²) in [4.78, 5) is 41.1. The molecule has 158 valence electrons. The SMILES string of the molecule is COc1ccc(Cl)cc1NC(=O)CN(C)C(=O)[C@@H]1CSCN1C(=O)c1ccccc1. The van der Waals surface area contributed by atoms with Gasteiger partial charge < -0.3 is 19.9 Å². The van der Waals surface area contributed by atoms with Crippen LogP contribution in [0.4, 0.5) is 5.69 Å². The van der Waals surface area contributed by atoms with Crippen LogP contribution in [0.3, 0.4) is 0 Å². The number of methoxy groups -OCH3 is 1. The van der Waals surface area contributed by atoms with Crippen LogP contribution in [0.5, 0.6) is 5.75 Å². The number of likely N-dealkylation sites (N-methyl/N-ethyl adjacent to an activating group) is 1. The second-order valence-corrected chi connectivity index (χ2v) is 8.18. The van der Waals surface area contributed by atoms with Gasteiger partial charge in [0.1, 0.15) is 11.8 Å². The average Bonchev–Trinajstić information content (AvgIpc) is 3.23. The first kappa shape index (κ1) is 22.0. The Balaban J connectivity index is 1.64. The van der Waals surface area contributed by atoms with E-state index < -0.39 is 11.9 Å². The van der Waals surface area contributed by atoms with E-state index >= 15 is 0 Å². The lowest BCUT2D eigenvalue weighted by atomic mass is 10.1. The van der Waals surface area contributed by atoms with E-state index in [2.05, 4.69) is 5.32 Å². The number of benzene rings is 2. The summed E-state index contributed by atoms with van der Waals surface area (Å²) in [5.41, 5.74) is 0.958. The number of ether oxygens (including phenoxy) is 1. The van der Waals surface area contributed by atoms with Crippen LogP contribution in [0.2, 0.25) is 5.02 Å². The summed E-state index contributed by atoms with van der Waals surface area (Å²) >= 11 is 7.50. The predicted molar refractivity (Wildman–Crippen MR) is 118 cm³/mol. The number of rotatable bonds is 6. The number of carbonyl (C=O) groups is 3. The highest BCUT2D eigenvalue weighted by atomic mass is 35.5. The van der Waals surface area contributed by atoms with Crippen molar-refractivity contribution < 1.29 is 19.1 Å². The van der Waals surface area contributed by atoms with Crippen LogP contribution in [0.25, 0.3) is 0 Å². The molecule has 1 fully saturated rings. The van der Waals surface area contributed by atoms with E-state index in [1.165, 1.54) is 23.8 Å². The minimum absolute atomic E-state index is 0.164. The topological polar surface area (TPSA) is 79.0 Å². The number of hydrogen-bond acceptors (Lipinski definition) is 5. The monoisotopic (exact) mass is 447 g/mol. The largest absolute Gasteiger partial charge is 0.495 e. The van der Waals surface area contributed by atoms with Gasteiger partial charge in [0.05, 0.1) is 25.2 Å². The summed E-state index contributed by atoms with van der Waals surface area (Å²) in [6, 6.07) is 13.1. The molecule has 0 spiro atoms. The molecule has 9 heteroatoms. The van der Waals surface area contributed by atoms with Crippen LogP contribution in [0.1, 0.15) is 10.4 Å². The summed E-state index contributed by atoms with van der Waals surface area (Å²) in [6.45, 7) is -0.164. The van der Waals surface area contributed by atoms with Crippen LogP contribution in [-0.2, 0) is 9.59 Å². The third kappa shape index (κ3) is 5.06. The first-order valence-electron chi connectivity index (χ1n) is 9.23. The molecule has 0 bridgehead atoms. The number of amides is 3. The Labute approximate surface area is 184 Å². The highest BCUT2D eigenvalue weighted by Crippen LogP contribution is 2.28. The Kier molecular flexibility index (Phi) is 7.23. The molecule has 1 saturated heterocycles. The second kappa shape index (κ2) is 9.86. The molecular weight excluding hydrogens is 426 g/mol. The van der Waals surface area contributed by atoms with Gasteiger partial charge in [-0.1, -0.05) is 29.8 Å². The normalized spacial score (nSPS) is 15.6. The van der Waals surface area contributed by atoms with Gasteiger partial charge in [0.15, 0.2) is 0 Å². The van der Waals surface area contributed by atoms with Crippen LogP contribution < -0.4 is 10.1 Å². The standard InChI is InChI=1S/C21H22ClN3O4S/c1-24(11-19(26)23-16-10-15(22)8-9-18(16)29-2)21(28)17-12-30-13-25(17)20(27)14-6-4-3-5-7-14/h3-10,17H,11-13H2,1-2H3,(H,23,26)/t17-/m0/s1. The molecule has 0 saturated carbocycles. The average molecular weight is 448 g/mol. The first-order chi connectivity index (χ1) is 14.4. The molecule has 0 aromatic heterocycles. The zero-order chi connectivity index (χ0) is 21.7. The molecule has 1 aliphatic heterocycles. The molecule has 2 aromatic rings. The minimum Gasteiger partial charge on any atom is -0.495 e. The maximum Gasteiger partial charge on any atom is 0.255 e. The van der Waals surface area contributed by atoms with Crippen molar-refractivity contribution in [2.75, 3.05) is 37.6 Å². The Morgan fingerprint density at radius 1 is 1.23 bits per heavy atom. The molecule has 3 rings (SSSR count). The van der Waals surface area contributed by atoms with E-state index in [1.54, 1.807) is 54.4 Å². The van der Waals surface area contributed by atoms with Crippen LogP contribution in [-0.4, -0.2) is 65.9 Å². The Hall–Kier alpha value is -2.71. The summed E-state index contributed by atoms with van der Waals surface area (Å²) in [6.07, 6.45) is 0. The van der Waals surface area contributed by atoms with Gasteiger partial charge in [-0.3, -0.25) is 14.4 Å². The van der Waals surface area contributed by atoms with Gasteiger partial charge in [-0.05, 0) is 30.3 Å². The predicted octanol–water partition coefficient (Wildman–Crippen LogP) is 2.96. The molecule has 1 N–H and O–H groups in total. The Morgan fingerprint density at radius 3 is 2.67 bits per heavy atom. The summed E-state index contributed by atoms with van der Waals surface area (Å²) in [7, 11) is 3.04. The molecule has 1 heterocycles. The maximum absolute atomic E-state index is 12.9. The number of nitrogens with one attached hydrogen (secondary N) is 1. The minimum atomic E-state index is -0.610. The quantitative estimate of drug-likeness (QED) is 0.736. The van der Waals surface area contributed by atoms with Crippen LogP contribution >= 0.6 is 23.4 Å². The van der Waals surface area contributed by atoms with Crippen molar-refractivity contribution in [2.45, 2.75) is 6.04 Å². The number of hydrogen-bond donors (Lipinski definition) is 1. The Bertz CT molecular complexity index is 941. The molecule has 0 radical (unpaired) electrons. The van der Waals surface area contributed by atoms with Crippen molar-refractivity contribution in [1.29, 1.82) is 0 Å². The van der Waals surface area contributed by atoms with Crippen molar-refractivity contribution in [3.8, 4) is 5.75 Å². The van der Waals surface area contributed by atoms with E-state index in [4.69, 9.17) is 16.3 Å². The fourth-order valence-electron chi connectivity index (χ4n) is 3.11. The second-order valence-electron chi connectivity index (χ2n) is 6.74. The van der Waals surface area contributed by atoms with E-state index in [0.29, 0.717) is 33.7 Å². The number of carbonyl (C=O) groups excluding carboxylic acids is 3. The lowest BCUT2D eigenvalue weighted by Crippen LogP contribution is -2.49.